The second-order valence-corrected chi connectivity index (χ2v) is 3.87. The quantitative estimate of drug-likeness (QED) is 0.670. The van der Waals surface area contributed by atoms with E-state index in [0.717, 1.165) is 6.42 Å². The third kappa shape index (κ3) is 2.06. The predicted octanol–water partition coefficient (Wildman–Crippen LogP) is 3.60. The Morgan fingerprint density at radius 1 is 1.64 bits per heavy atom. The van der Waals surface area contributed by atoms with E-state index in [1.54, 1.807) is 6.08 Å². The molecular formula is C12H17FO. The SMILES string of the molecule is C=CC1=C(C(=C)F)C(C(C)C)CCO1. The van der Waals surface area contributed by atoms with Crippen LogP contribution in [0.5, 0.6) is 0 Å². The number of hydrogen-bond acceptors (Lipinski definition) is 1. The van der Waals surface area contributed by atoms with Gasteiger partial charge in [0.15, 0.2) is 0 Å². The van der Waals surface area contributed by atoms with E-state index in [4.69, 9.17) is 4.74 Å². The molecule has 1 unspecified atom stereocenters. The van der Waals surface area contributed by atoms with Crippen molar-refractivity contribution in [2.45, 2.75) is 20.3 Å². The van der Waals surface area contributed by atoms with Crippen LogP contribution in [0.1, 0.15) is 20.3 Å². The second kappa shape index (κ2) is 4.45. The van der Waals surface area contributed by atoms with E-state index in [2.05, 4.69) is 27.0 Å². The first-order chi connectivity index (χ1) is 6.57. The van der Waals surface area contributed by atoms with Gasteiger partial charge in [0, 0.05) is 5.57 Å². The van der Waals surface area contributed by atoms with Crippen molar-refractivity contribution in [2.75, 3.05) is 6.61 Å². The molecular weight excluding hydrogens is 179 g/mol. The van der Waals surface area contributed by atoms with Gasteiger partial charge in [-0.15, -0.1) is 0 Å². The zero-order valence-corrected chi connectivity index (χ0v) is 8.85. The summed E-state index contributed by atoms with van der Waals surface area (Å²) >= 11 is 0. The summed E-state index contributed by atoms with van der Waals surface area (Å²) in [5, 5.41) is 0. The van der Waals surface area contributed by atoms with Crippen LogP contribution in [-0.2, 0) is 4.74 Å². The number of halogens is 1. The van der Waals surface area contributed by atoms with Gasteiger partial charge in [-0.3, -0.25) is 0 Å². The van der Waals surface area contributed by atoms with Gasteiger partial charge in [0.1, 0.15) is 11.6 Å². The molecule has 0 aliphatic carbocycles. The lowest BCUT2D eigenvalue weighted by Gasteiger charge is -2.29. The van der Waals surface area contributed by atoms with Gasteiger partial charge in [-0.2, -0.15) is 0 Å². The van der Waals surface area contributed by atoms with E-state index in [1.807, 2.05) is 0 Å². The summed E-state index contributed by atoms with van der Waals surface area (Å²) in [6.07, 6.45) is 2.42. The molecule has 0 amide bonds. The fourth-order valence-corrected chi connectivity index (χ4v) is 1.87. The van der Waals surface area contributed by atoms with Crippen molar-refractivity contribution in [2.24, 2.45) is 11.8 Å². The summed E-state index contributed by atoms with van der Waals surface area (Å²) in [5.41, 5.74) is 0.598. The van der Waals surface area contributed by atoms with Crippen molar-refractivity contribution in [3.05, 3.63) is 36.4 Å². The van der Waals surface area contributed by atoms with Crippen molar-refractivity contribution in [1.29, 1.82) is 0 Å². The summed E-state index contributed by atoms with van der Waals surface area (Å²) in [6.45, 7) is 11.8. The molecule has 0 radical (unpaired) electrons. The first-order valence-electron chi connectivity index (χ1n) is 4.92. The Bertz CT molecular complexity index is 276. The van der Waals surface area contributed by atoms with Gasteiger partial charge in [-0.05, 0) is 24.3 Å². The van der Waals surface area contributed by atoms with Crippen molar-refractivity contribution < 1.29 is 9.13 Å². The molecule has 0 spiro atoms. The highest BCUT2D eigenvalue weighted by Gasteiger charge is 2.27. The lowest BCUT2D eigenvalue weighted by atomic mass is 9.83. The number of rotatable bonds is 3. The maximum Gasteiger partial charge on any atom is 0.125 e. The van der Waals surface area contributed by atoms with Crippen molar-refractivity contribution in [3.63, 3.8) is 0 Å². The molecule has 0 N–H and O–H groups in total. The Morgan fingerprint density at radius 2 is 2.29 bits per heavy atom. The van der Waals surface area contributed by atoms with Crippen LogP contribution in [0.25, 0.3) is 0 Å². The molecule has 0 fully saturated rings. The molecule has 0 aromatic carbocycles. The molecule has 1 rings (SSSR count). The Kier molecular flexibility index (Phi) is 3.50. The van der Waals surface area contributed by atoms with E-state index in [0.29, 0.717) is 23.9 Å². The van der Waals surface area contributed by atoms with Crippen LogP contribution >= 0.6 is 0 Å². The third-order valence-electron chi connectivity index (χ3n) is 2.61. The number of ether oxygens (including phenoxy) is 1. The van der Waals surface area contributed by atoms with Gasteiger partial charge in [0.25, 0.3) is 0 Å². The molecule has 14 heavy (non-hydrogen) atoms. The molecule has 78 valence electrons. The zero-order chi connectivity index (χ0) is 10.7. The fourth-order valence-electron chi connectivity index (χ4n) is 1.87. The number of allylic oxidation sites excluding steroid dienone is 3. The summed E-state index contributed by atoms with van der Waals surface area (Å²) in [7, 11) is 0. The maximum atomic E-state index is 13.3. The molecule has 0 saturated heterocycles. The Balaban J connectivity index is 3.08. The second-order valence-electron chi connectivity index (χ2n) is 3.87. The minimum Gasteiger partial charge on any atom is -0.493 e. The van der Waals surface area contributed by atoms with E-state index in [1.165, 1.54) is 0 Å². The first-order valence-corrected chi connectivity index (χ1v) is 4.92. The van der Waals surface area contributed by atoms with E-state index in [-0.39, 0.29) is 5.92 Å². The van der Waals surface area contributed by atoms with Gasteiger partial charge in [-0.25, -0.2) is 4.39 Å². The third-order valence-corrected chi connectivity index (χ3v) is 2.61. The average molecular weight is 196 g/mol. The smallest absolute Gasteiger partial charge is 0.125 e. The molecule has 1 aliphatic heterocycles. The zero-order valence-electron chi connectivity index (χ0n) is 8.85. The van der Waals surface area contributed by atoms with Gasteiger partial charge in [0.2, 0.25) is 0 Å². The molecule has 0 bridgehead atoms. The summed E-state index contributed by atoms with van der Waals surface area (Å²) in [4.78, 5) is 0. The van der Waals surface area contributed by atoms with Gasteiger partial charge >= 0.3 is 0 Å². The molecule has 1 aliphatic rings. The van der Waals surface area contributed by atoms with Crippen molar-refractivity contribution in [3.8, 4) is 0 Å². The highest BCUT2D eigenvalue weighted by molar-refractivity contribution is 5.35. The van der Waals surface area contributed by atoms with Crippen LogP contribution in [0.3, 0.4) is 0 Å². The molecule has 0 aromatic heterocycles. The minimum atomic E-state index is -0.390. The highest BCUT2D eigenvalue weighted by Crippen LogP contribution is 2.35. The van der Waals surface area contributed by atoms with Crippen LogP contribution in [-0.4, -0.2) is 6.61 Å². The topological polar surface area (TPSA) is 9.23 Å². The van der Waals surface area contributed by atoms with Gasteiger partial charge < -0.3 is 4.74 Å². The van der Waals surface area contributed by atoms with E-state index in [9.17, 15) is 4.39 Å². The molecule has 1 atom stereocenters. The van der Waals surface area contributed by atoms with E-state index < -0.39 is 5.83 Å². The Morgan fingerprint density at radius 3 is 2.71 bits per heavy atom. The van der Waals surface area contributed by atoms with Crippen LogP contribution < -0.4 is 0 Å². The van der Waals surface area contributed by atoms with Crippen molar-refractivity contribution >= 4 is 0 Å². The molecule has 0 aromatic rings. The van der Waals surface area contributed by atoms with Crippen LogP contribution in [0.4, 0.5) is 4.39 Å². The standard InChI is InChI=1S/C12H17FO/c1-5-11-12(9(4)13)10(8(2)3)6-7-14-11/h5,8,10H,1,4,6-7H2,2-3H3. The Labute approximate surface area is 85.0 Å². The molecule has 1 heterocycles. The molecule has 1 nitrogen and oxygen atoms in total. The van der Waals surface area contributed by atoms with Gasteiger partial charge in [-0.1, -0.05) is 27.0 Å². The van der Waals surface area contributed by atoms with E-state index >= 15 is 0 Å². The molecule has 2 heteroatoms. The predicted molar refractivity (Wildman–Crippen MR) is 56.4 cm³/mol. The van der Waals surface area contributed by atoms with Crippen LogP contribution in [0.2, 0.25) is 0 Å². The summed E-state index contributed by atoms with van der Waals surface area (Å²) < 4.78 is 18.6. The van der Waals surface area contributed by atoms with Crippen LogP contribution in [0, 0.1) is 11.8 Å². The average Bonchev–Trinajstić information content (AvgIpc) is 2.16. The highest BCUT2D eigenvalue weighted by atomic mass is 19.1. The first kappa shape index (κ1) is 11.0. The molecule has 0 saturated carbocycles. The number of hydrogen-bond donors (Lipinski definition) is 0. The lowest BCUT2D eigenvalue weighted by Crippen LogP contribution is -2.21. The summed E-state index contributed by atoms with van der Waals surface area (Å²) in [6, 6.07) is 0. The van der Waals surface area contributed by atoms with Crippen LogP contribution in [0.15, 0.2) is 36.4 Å². The monoisotopic (exact) mass is 196 g/mol. The largest absolute Gasteiger partial charge is 0.493 e. The Hall–Kier alpha value is -1.05. The normalized spacial score (nSPS) is 22.1. The maximum absolute atomic E-state index is 13.3. The van der Waals surface area contributed by atoms with Gasteiger partial charge in [0.05, 0.1) is 6.61 Å². The fraction of sp³-hybridized carbons (Fsp3) is 0.500. The minimum absolute atomic E-state index is 0.203. The summed E-state index contributed by atoms with van der Waals surface area (Å²) in [5.74, 6) is 0.770. The van der Waals surface area contributed by atoms with Crippen molar-refractivity contribution in [1.82, 2.24) is 0 Å². The lowest BCUT2D eigenvalue weighted by molar-refractivity contribution is 0.160.